The van der Waals surface area contributed by atoms with E-state index in [0.717, 1.165) is 37.0 Å². The Bertz CT molecular complexity index is 522. The molecule has 0 spiro atoms. The van der Waals surface area contributed by atoms with Crippen molar-refractivity contribution in [1.29, 1.82) is 0 Å². The average Bonchev–Trinajstić information content (AvgIpc) is 2.64. The molecular weight excluding hydrogens is 324 g/mol. The molecule has 0 heterocycles. The number of aryl methyl sites for hydroxylation is 1. The van der Waals surface area contributed by atoms with E-state index < -0.39 is 0 Å². The number of aromatic hydroxyl groups is 1. The minimum absolute atomic E-state index is 0.0171. The number of rotatable bonds is 15. The van der Waals surface area contributed by atoms with E-state index in [-0.39, 0.29) is 11.5 Å². The number of methoxy groups -OCH3 is 1. The van der Waals surface area contributed by atoms with Crippen LogP contribution in [0.5, 0.6) is 11.5 Å². The van der Waals surface area contributed by atoms with E-state index >= 15 is 0 Å². The van der Waals surface area contributed by atoms with E-state index in [1.54, 1.807) is 19.2 Å². The summed E-state index contributed by atoms with van der Waals surface area (Å²) in [5, 5.41) is 10.3. The molecule has 0 atom stereocenters. The van der Waals surface area contributed by atoms with Gasteiger partial charge in [-0.1, -0.05) is 71.6 Å². The van der Waals surface area contributed by atoms with Crippen LogP contribution in [0.2, 0.25) is 0 Å². The Morgan fingerprint density at radius 2 is 1.46 bits per heavy atom. The van der Waals surface area contributed by atoms with Gasteiger partial charge in [0.2, 0.25) is 0 Å². The second-order valence-corrected chi connectivity index (χ2v) is 7.29. The summed E-state index contributed by atoms with van der Waals surface area (Å²) in [4.78, 5) is 12.4. The Labute approximate surface area is 160 Å². The van der Waals surface area contributed by atoms with Gasteiger partial charge in [0.15, 0.2) is 5.78 Å². The van der Waals surface area contributed by atoms with Gasteiger partial charge < -0.3 is 9.84 Å². The number of ether oxygens (including phenoxy) is 1. The van der Waals surface area contributed by atoms with Crippen molar-refractivity contribution in [3.05, 3.63) is 23.3 Å². The summed E-state index contributed by atoms with van der Waals surface area (Å²) in [6.07, 6.45) is 14.4. The standard InChI is InChI=1S/C23H38O3/c1-4-6-8-10-12-13-15-19-17-22(25)20(18-23(19)26-3)21(24)16-14-11-9-7-5-2/h17-18,25H,4-16H2,1-3H3. The first-order valence-electron chi connectivity index (χ1n) is 10.6. The zero-order chi connectivity index (χ0) is 19.2. The number of phenolic OH excluding ortho intramolecular Hbond substituents is 1. The van der Waals surface area contributed by atoms with Crippen molar-refractivity contribution >= 4 is 5.78 Å². The van der Waals surface area contributed by atoms with Crippen molar-refractivity contribution in [3.8, 4) is 11.5 Å². The number of hydrogen-bond acceptors (Lipinski definition) is 3. The first kappa shape index (κ1) is 22.5. The van der Waals surface area contributed by atoms with E-state index in [1.807, 2.05) is 0 Å². The third kappa shape index (κ3) is 8.25. The Balaban J connectivity index is 2.57. The zero-order valence-electron chi connectivity index (χ0n) is 17.1. The molecule has 1 aromatic rings. The fourth-order valence-electron chi connectivity index (χ4n) is 3.34. The molecule has 1 rings (SSSR count). The average molecular weight is 363 g/mol. The summed E-state index contributed by atoms with van der Waals surface area (Å²) in [5.41, 5.74) is 1.41. The van der Waals surface area contributed by atoms with Gasteiger partial charge in [0, 0.05) is 6.42 Å². The Morgan fingerprint density at radius 1 is 0.885 bits per heavy atom. The van der Waals surface area contributed by atoms with Gasteiger partial charge in [0.25, 0.3) is 0 Å². The highest BCUT2D eigenvalue weighted by Crippen LogP contribution is 2.30. The highest BCUT2D eigenvalue weighted by atomic mass is 16.5. The van der Waals surface area contributed by atoms with Crippen LogP contribution in [0.1, 0.15) is 107 Å². The number of unbranched alkanes of at least 4 members (excludes halogenated alkanes) is 9. The maximum absolute atomic E-state index is 12.4. The number of hydrogen-bond donors (Lipinski definition) is 1. The molecule has 1 aromatic carbocycles. The van der Waals surface area contributed by atoms with Gasteiger partial charge in [-0.2, -0.15) is 0 Å². The summed E-state index contributed by atoms with van der Waals surface area (Å²) in [5.74, 6) is 0.847. The van der Waals surface area contributed by atoms with Crippen LogP contribution in [0, 0.1) is 0 Å². The molecule has 0 aliphatic rings. The molecule has 0 aromatic heterocycles. The number of benzene rings is 1. The van der Waals surface area contributed by atoms with Crippen LogP contribution in [0.15, 0.2) is 12.1 Å². The van der Waals surface area contributed by atoms with E-state index in [1.165, 1.54) is 51.4 Å². The minimum atomic E-state index is 0.0171. The molecule has 0 radical (unpaired) electrons. The quantitative estimate of drug-likeness (QED) is 0.274. The highest BCUT2D eigenvalue weighted by Gasteiger charge is 2.15. The van der Waals surface area contributed by atoms with Crippen molar-refractivity contribution in [2.75, 3.05) is 7.11 Å². The van der Waals surface area contributed by atoms with Crippen LogP contribution in [0.3, 0.4) is 0 Å². The van der Waals surface area contributed by atoms with Crippen molar-refractivity contribution in [2.45, 2.75) is 97.3 Å². The molecule has 26 heavy (non-hydrogen) atoms. The highest BCUT2D eigenvalue weighted by molar-refractivity contribution is 5.99. The smallest absolute Gasteiger partial charge is 0.166 e. The lowest BCUT2D eigenvalue weighted by Crippen LogP contribution is -2.02. The van der Waals surface area contributed by atoms with Crippen LogP contribution in [0.4, 0.5) is 0 Å². The second kappa shape index (κ2) is 13.7. The molecule has 0 aliphatic heterocycles. The number of ketones is 1. The van der Waals surface area contributed by atoms with Crippen LogP contribution in [0.25, 0.3) is 0 Å². The molecule has 3 heteroatoms. The van der Waals surface area contributed by atoms with Crippen molar-refractivity contribution in [2.24, 2.45) is 0 Å². The Kier molecular flexibility index (Phi) is 11.8. The molecule has 1 N–H and O–H groups in total. The monoisotopic (exact) mass is 362 g/mol. The predicted octanol–water partition coefficient (Wildman–Crippen LogP) is 6.85. The summed E-state index contributed by atoms with van der Waals surface area (Å²) in [6, 6.07) is 3.46. The number of phenols is 1. The van der Waals surface area contributed by atoms with Gasteiger partial charge in [-0.25, -0.2) is 0 Å². The fraction of sp³-hybridized carbons (Fsp3) is 0.696. The molecule has 3 nitrogen and oxygen atoms in total. The van der Waals surface area contributed by atoms with Crippen LogP contribution >= 0.6 is 0 Å². The first-order valence-corrected chi connectivity index (χ1v) is 10.6. The lowest BCUT2D eigenvalue weighted by atomic mass is 9.98. The van der Waals surface area contributed by atoms with E-state index in [2.05, 4.69) is 13.8 Å². The number of carbonyl (C=O) groups is 1. The normalized spacial score (nSPS) is 10.9. The van der Waals surface area contributed by atoms with Crippen molar-refractivity contribution in [3.63, 3.8) is 0 Å². The second-order valence-electron chi connectivity index (χ2n) is 7.29. The van der Waals surface area contributed by atoms with E-state index in [4.69, 9.17) is 4.74 Å². The molecule has 0 amide bonds. The van der Waals surface area contributed by atoms with Crippen LogP contribution in [-0.4, -0.2) is 18.0 Å². The molecule has 0 aliphatic carbocycles. The molecule has 148 valence electrons. The number of carbonyl (C=O) groups excluding carboxylic acids is 1. The van der Waals surface area contributed by atoms with Crippen molar-refractivity contribution in [1.82, 2.24) is 0 Å². The summed E-state index contributed by atoms with van der Waals surface area (Å²) >= 11 is 0. The van der Waals surface area contributed by atoms with E-state index in [0.29, 0.717) is 12.0 Å². The molecule has 0 bridgehead atoms. The SMILES string of the molecule is CCCCCCCCc1cc(O)c(C(=O)CCCCCCC)cc1OC. The lowest BCUT2D eigenvalue weighted by Gasteiger charge is -2.12. The largest absolute Gasteiger partial charge is 0.507 e. The Morgan fingerprint density at radius 3 is 2.08 bits per heavy atom. The predicted molar refractivity (Wildman–Crippen MR) is 109 cm³/mol. The van der Waals surface area contributed by atoms with Gasteiger partial charge in [-0.15, -0.1) is 0 Å². The van der Waals surface area contributed by atoms with Crippen LogP contribution in [-0.2, 0) is 6.42 Å². The Hall–Kier alpha value is -1.51. The topological polar surface area (TPSA) is 46.5 Å². The fourth-order valence-corrected chi connectivity index (χ4v) is 3.34. The first-order chi connectivity index (χ1) is 12.6. The lowest BCUT2D eigenvalue weighted by molar-refractivity contribution is 0.0976. The molecular formula is C23H38O3. The van der Waals surface area contributed by atoms with Gasteiger partial charge in [0.05, 0.1) is 12.7 Å². The maximum Gasteiger partial charge on any atom is 0.166 e. The minimum Gasteiger partial charge on any atom is -0.507 e. The zero-order valence-corrected chi connectivity index (χ0v) is 17.1. The third-order valence-electron chi connectivity index (χ3n) is 5.01. The molecule has 0 unspecified atom stereocenters. The van der Waals surface area contributed by atoms with Gasteiger partial charge >= 0.3 is 0 Å². The van der Waals surface area contributed by atoms with E-state index in [9.17, 15) is 9.90 Å². The molecule has 0 saturated heterocycles. The summed E-state index contributed by atoms with van der Waals surface area (Å²) in [6.45, 7) is 4.41. The van der Waals surface area contributed by atoms with Gasteiger partial charge in [-0.3, -0.25) is 4.79 Å². The number of Topliss-reactive ketones (excluding diaryl/α,β-unsaturated/α-hetero) is 1. The summed E-state index contributed by atoms with van der Waals surface area (Å²) in [7, 11) is 1.64. The third-order valence-corrected chi connectivity index (χ3v) is 5.01. The van der Waals surface area contributed by atoms with Crippen molar-refractivity contribution < 1.29 is 14.6 Å². The molecule has 0 saturated carbocycles. The van der Waals surface area contributed by atoms with Gasteiger partial charge in [0.1, 0.15) is 11.5 Å². The molecule has 0 fully saturated rings. The summed E-state index contributed by atoms with van der Waals surface area (Å²) < 4.78 is 5.48. The van der Waals surface area contributed by atoms with Gasteiger partial charge in [-0.05, 0) is 37.0 Å². The maximum atomic E-state index is 12.4. The van der Waals surface area contributed by atoms with Crippen LogP contribution < -0.4 is 4.74 Å².